The number of nitrogens with zero attached hydrogens (tertiary/aromatic N) is 3. The molecule has 0 amide bonds. The maximum absolute atomic E-state index is 13.1. The molecule has 0 N–H and O–H groups in total. The van der Waals surface area contributed by atoms with Gasteiger partial charge in [-0.15, -0.1) is 0 Å². The molecule has 4 nitrogen and oxygen atoms in total. The van der Waals surface area contributed by atoms with E-state index in [9.17, 15) is 17.6 Å². The molecule has 3 aromatic rings. The Morgan fingerprint density at radius 3 is 2.17 bits per heavy atom. The summed E-state index contributed by atoms with van der Waals surface area (Å²) in [4.78, 5) is 8.84. The number of halogens is 4. The molecule has 4 rings (SSSR count). The van der Waals surface area contributed by atoms with Crippen LogP contribution in [0.1, 0.15) is 11.3 Å². The van der Waals surface area contributed by atoms with Crippen molar-refractivity contribution in [3.8, 4) is 11.5 Å². The number of aromatic nitrogens is 1. The lowest BCUT2D eigenvalue weighted by Crippen LogP contribution is -2.46. The highest BCUT2D eigenvalue weighted by Gasteiger charge is 2.30. The molecule has 1 aliphatic heterocycles. The third-order valence-electron chi connectivity index (χ3n) is 4.96. The third kappa shape index (κ3) is 4.59. The molecule has 0 saturated carbocycles. The van der Waals surface area contributed by atoms with Crippen molar-refractivity contribution in [3.63, 3.8) is 0 Å². The first-order valence-electron chi connectivity index (χ1n) is 9.23. The average Bonchev–Trinajstić information content (AvgIpc) is 3.17. The van der Waals surface area contributed by atoms with Gasteiger partial charge in [-0.05, 0) is 48.5 Å². The highest BCUT2D eigenvalue weighted by Crippen LogP contribution is 2.31. The molecular weight excluding hydrogens is 386 g/mol. The van der Waals surface area contributed by atoms with Gasteiger partial charge in [0.15, 0.2) is 0 Å². The van der Waals surface area contributed by atoms with E-state index in [1.165, 1.54) is 24.3 Å². The van der Waals surface area contributed by atoms with Gasteiger partial charge in [-0.3, -0.25) is 4.90 Å². The van der Waals surface area contributed by atoms with Crippen molar-refractivity contribution in [1.29, 1.82) is 0 Å². The molecule has 0 unspecified atom stereocenters. The molecule has 0 spiro atoms. The van der Waals surface area contributed by atoms with Crippen molar-refractivity contribution in [2.24, 2.45) is 0 Å². The first-order valence-corrected chi connectivity index (χ1v) is 9.23. The largest absolute Gasteiger partial charge is 0.444 e. The maximum Gasteiger partial charge on any atom is 0.416 e. The number of hydrogen-bond acceptors (Lipinski definition) is 4. The summed E-state index contributed by atoms with van der Waals surface area (Å²) in [7, 11) is 0. The lowest BCUT2D eigenvalue weighted by atomic mass is 10.1. The summed E-state index contributed by atoms with van der Waals surface area (Å²) in [6.07, 6.45) is -2.82. The molecule has 152 valence electrons. The van der Waals surface area contributed by atoms with E-state index in [1.54, 1.807) is 18.4 Å². The van der Waals surface area contributed by atoms with Crippen molar-refractivity contribution in [1.82, 2.24) is 9.88 Å². The van der Waals surface area contributed by atoms with Gasteiger partial charge in [-0.25, -0.2) is 9.37 Å². The second-order valence-electron chi connectivity index (χ2n) is 6.96. The zero-order valence-corrected chi connectivity index (χ0v) is 15.5. The fourth-order valence-corrected chi connectivity index (χ4v) is 3.36. The van der Waals surface area contributed by atoms with Gasteiger partial charge in [-0.1, -0.05) is 0 Å². The van der Waals surface area contributed by atoms with Gasteiger partial charge in [0, 0.05) is 44.0 Å². The van der Waals surface area contributed by atoms with Crippen LogP contribution in [0.15, 0.2) is 59.2 Å². The lowest BCUT2D eigenvalue weighted by molar-refractivity contribution is -0.137. The molecule has 0 radical (unpaired) electrons. The van der Waals surface area contributed by atoms with E-state index in [0.717, 1.165) is 49.7 Å². The second-order valence-corrected chi connectivity index (χ2v) is 6.96. The number of oxazole rings is 1. The molecule has 0 aliphatic carbocycles. The van der Waals surface area contributed by atoms with E-state index in [4.69, 9.17) is 4.42 Å². The van der Waals surface area contributed by atoms with E-state index >= 15 is 0 Å². The van der Waals surface area contributed by atoms with Crippen molar-refractivity contribution in [2.45, 2.75) is 12.7 Å². The minimum Gasteiger partial charge on any atom is -0.444 e. The van der Waals surface area contributed by atoms with Gasteiger partial charge in [0.25, 0.3) is 0 Å². The Bertz CT molecular complexity index is 943. The Morgan fingerprint density at radius 2 is 1.55 bits per heavy atom. The van der Waals surface area contributed by atoms with Crippen LogP contribution in [0.2, 0.25) is 0 Å². The van der Waals surface area contributed by atoms with Crippen LogP contribution in [-0.2, 0) is 12.7 Å². The second kappa shape index (κ2) is 7.87. The summed E-state index contributed by atoms with van der Waals surface area (Å²) in [5, 5.41) is 0. The van der Waals surface area contributed by atoms with E-state index in [2.05, 4.69) is 14.8 Å². The number of piperazine rings is 1. The van der Waals surface area contributed by atoms with Crippen LogP contribution >= 0.6 is 0 Å². The predicted octanol–water partition coefficient (Wildman–Crippen LogP) is 4.82. The van der Waals surface area contributed by atoms with Crippen molar-refractivity contribution in [2.75, 3.05) is 31.1 Å². The van der Waals surface area contributed by atoms with Crippen LogP contribution in [0.4, 0.5) is 23.2 Å². The number of alkyl halides is 3. The van der Waals surface area contributed by atoms with Gasteiger partial charge < -0.3 is 9.32 Å². The first-order chi connectivity index (χ1) is 13.9. The van der Waals surface area contributed by atoms with E-state index < -0.39 is 11.7 Å². The smallest absolute Gasteiger partial charge is 0.416 e. The van der Waals surface area contributed by atoms with Gasteiger partial charge in [0.05, 0.1) is 11.3 Å². The highest BCUT2D eigenvalue weighted by atomic mass is 19.4. The molecule has 1 fully saturated rings. The molecule has 1 aliphatic rings. The number of rotatable bonds is 4. The first kappa shape index (κ1) is 19.4. The van der Waals surface area contributed by atoms with Crippen LogP contribution in [0.5, 0.6) is 0 Å². The Balaban J connectivity index is 1.34. The SMILES string of the molecule is Fc1ccc(N2CCN(Cc3coc(-c4ccc(C(F)(F)F)cc4)n3)CC2)cc1. The summed E-state index contributed by atoms with van der Waals surface area (Å²) in [5.74, 6) is 0.0564. The molecule has 0 atom stereocenters. The van der Waals surface area contributed by atoms with Crippen LogP contribution in [0, 0.1) is 5.82 Å². The molecule has 29 heavy (non-hydrogen) atoms. The summed E-state index contributed by atoms with van der Waals surface area (Å²) in [6, 6.07) is 11.2. The minimum absolute atomic E-state index is 0.248. The summed E-state index contributed by atoms with van der Waals surface area (Å²) >= 11 is 0. The Hall–Kier alpha value is -2.87. The third-order valence-corrected chi connectivity index (χ3v) is 4.96. The van der Waals surface area contributed by atoms with Gasteiger partial charge in [0.1, 0.15) is 12.1 Å². The lowest BCUT2D eigenvalue weighted by Gasteiger charge is -2.35. The monoisotopic (exact) mass is 405 g/mol. The average molecular weight is 405 g/mol. The quantitative estimate of drug-likeness (QED) is 0.583. The van der Waals surface area contributed by atoms with E-state index in [0.29, 0.717) is 18.0 Å². The maximum atomic E-state index is 13.1. The summed E-state index contributed by atoms with van der Waals surface area (Å²) < 4.78 is 56.5. The van der Waals surface area contributed by atoms with Crippen LogP contribution in [-0.4, -0.2) is 36.1 Å². The molecule has 8 heteroatoms. The number of benzene rings is 2. The summed E-state index contributed by atoms with van der Waals surface area (Å²) in [6.45, 7) is 3.87. The van der Waals surface area contributed by atoms with Crippen LogP contribution in [0.3, 0.4) is 0 Å². The van der Waals surface area contributed by atoms with Gasteiger partial charge in [-0.2, -0.15) is 13.2 Å². The molecule has 2 heterocycles. The molecule has 2 aromatic carbocycles. The minimum atomic E-state index is -4.36. The molecule has 0 bridgehead atoms. The fourth-order valence-electron chi connectivity index (χ4n) is 3.36. The van der Waals surface area contributed by atoms with Crippen molar-refractivity contribution < 1.29 is 22.0 Å². The zero-order chi connectivity index (χ0) is 20.4. The Labute approximate surface area is 165 Å². The highest BCUT2D eigenvalue weighted by molar-refractivity contribution is 5.54. The molecule has 1 aromatic heterocycles. The topological polar surface area (TPSA) is 32.5 Å². The number of anilines is 1. The zero-order valence-electron chi connectivity index (χ0n) is 15.5. The molecular formula is C21H19F4N3O. The fraction of sp³-hybridized carbons (Fsp3) is 0.286. The van der Waals surface area contributed by atoms with Crippen LogP contribution in [0.25, 0.3) is 11.5 Å². The van der Waals surface area contributed by atoms with Crippen molar-refractivity contribution in [3.05, 3.63) is 71.9 Å². The van der Waals surface area contributed by atoms with Crippen LogP contribution < -0.4 is 4.90 Å². The normalized spacial score (nSPS) is 15.7. The van der Waals surface area contributed by atoms with Gasteiger partial charge >= 0.3 is 6.18 Å². The summed E-state index contributed by atoms with van der Waals surface area (Å²) in [5.41, 5.74) is 1.53. The Morgan fingerprint density at radius 1 is 0.897 bits per heavy atom. The van der Waals surface area contributed by atoms with Gasteiger partial charge in [0.2, 0.25) is 5.89 Å². The number of hydrogen-bond donors (Lipinski definition) is 0. The molecule has 1 saturated heterocycles. The predicted molar refractivity (Wildman–Crippen MR) is 101 cm³/mol. The van der Waals surface area contributed by atoms with E-state index in [-0.39, 0.29) is 5.82 Å². The van der Waals surface area contributed by atoms with Crippen molar-refractivity contribution >= 4 is 5.69 Å². The Kier molecular flexibility index (Phi) is 5.27. The standard InChI is InChI=1S/C21H19F4N3O/c22-17-5-7-19(8-6-17)28-11-9-27(10-12-28)13-18-14-29-20(26-18)15-1-3-16(4-2-15)21(23,24)25/h1-8,14H,9-13H2. The van der Waals surface area contributed by atoms with E-state index in [1.807, 2.05) is 0 Å².